The highest BCUT2D eigenvalue weighted by Crippen LogP contribution is 2.49. The van der Waals surface area contributed by atoms with Crippen molar-refractivity contribution in [2.75, 3.05) is 6.61 Å². The topological polar surface area (TPSA) is 101 Å². The van der Waals surface area contributed by atoms with Crippen LogP contribution in [-0.4, -0.2) is 48.5 Å². The Bertz CT molecular complexity index is 1560. The zero-order chi connectivity index (χ0) is 28.8. The predicted octanol–water partition coefficient (Wildman–Crippen LogP) is 4.77. The van der Waals surface area contributed by atoms with Crippen LogP contribution in [0.25, 0.3) is 0 Å². The van der Waals surface area contributed by atoms with E-state index in [0.29, 0.717) is 26.9 Å². The van der Waals surface area contributed by atoms with E-state index in [-0.39, 0.29) is 29.8 Å². The summed E-state index contributed by atoms with van der Waals surface area (Å²) in [5.41, 5.74) is -1.98. The fourth-order valence-electron chi connectivity index (χ4n) is 4.96. The van der Waals surface area contributed by atoms with Crippen LogP contribution < -0.4 is 0 Å². The van der Waals surface area contributed by atoms with Crippen LogP contribution in [0.2, 0.25) is 10.0 Å². The number of halogens is 3. The van der Waals surface area contributed by atoms with Gasteiger partial charge in [-0.1, -0.05) is 35.3 Å². The van der Waals surface area contributed by atoms with Gasteiger partial charge in [0.25, 0.3) is 5.91 Å². The van der Waals surface area contributed by atoms with E-state index in [1.165, 1.54) is 48.0 Å². The van der Waals surface area contributed by atoms with Crippen LogP contribution in [0.15, 0.2) is 67.1 Å². The van der Waals surface area contributed by atoms with Gasteiger partial charge in [-0.3, -0.25) is 19.4 Å². The number of aromatic nitrogens is 3. The summed E-state index contributed by atoms with van der Waals surface area (Å²) in [5.74, 6) is -1.31. The maximum atomic E-state index is 16.4. The normalized spacial score (nSPS) is 19.0. The van der Waals surface area contributed by atoms with E-state index in [0.717, 1.165) is 0 Å². The quantitative estimate of drug-likeness (QED) is 0.309. The van der Waals surface area contributed by atoms with Gasteiger partial charge in [0.1, 0.15) is 11.4 Å². The first-order chi connectivity index (χ1) is 18.9. The molecule has 0 fully saturated rings. The van der Waals surface area contributed by atoms with E-state index in [1.54, 1.807) is 49.6 Å². The Morgan fingerprint density at radius 3 is 2.40 bits per heavy atom. The van der Waals surface area contributed by atoms with E-state index in [1.807, 2.05) is 0 Å². The van der Waals surface area contributed by atoms with Gasteiger partial charge in [0.05, 0.1) is 47.3 Å². The Hall–Kier alpha value is -3.34. The lowest BCUT2D eigenvalue weighted by atomic mass is 9.85. The van der Waals surface area contributed by atoms with Gasteiger partial charge in [-0.2, -0.15) is 5.10 Å². The molecule has 5 rings (SSSR count). The number of aliphatic hydroxyl groups is 2. The Morgan fingerprint density at radius 2 is 1.80 bits per heavy atom. The number of amides is 1. The maximum absolute atomic E-state index is 16.4. The average Bonchev–Trinajstić information content (AvgIpc) is 3.45. The zero-order valence-corrected chi connectivity index (χ0v) is 23.5. The molecular formula is C29H27Cl2FN4O4. The summed E-state index contributed by atoms with van der Waals surface area (Å²) in [6.45, 7) is 2.76. The molecule has 2 aromatic heterocycles. The largest absolute Gasteiger partial charge is 0.391 e. The molecule has 0 saturated heterocycles. The molecule has 8 nitrogen and oxygen atoms in total. The van der Waals surface area contributed by atoms with Crippen LogP contribution in [-0.2, 0) is 29.7 Å². The molecular weight excluding hydrogens is 558 g/mol. The smallest absolute Gasteiger partial charge is 0.257 e. The minimum Gasteiger partial charge on any atom is -0.391 e. The molecule has 1 amide bonds. The number of ether oxygens (including phenoxy) is 1. The Labute approximate surface area is 240 Å². The Morgan fingerprint density at radius 1 is 1.10 bits per heavy atom. The summed E-state index contributed by atoms with van der Waals surface area (Å²) in [5, 5.41) is 26.6. The standard InChI is InChI=1S/C29H27Cl2FN4O4/c1-17(37)16-40-29(18-4-6-21(30)7-5-18)26-24(27(38)36(29)15-23-9-8-22(31)13-33-23)10-19(11-25(26)32)28(2,39)20-12-34-35(3)14-20/h4-14,17,37,39H,15-16H2,1-3H3/t17-,28?,29-/m1/s1. The number of rotatable bonds is 8. The highest BCUT2D eigenvalue weighted by Gasteiger charge is 2.55. The van der Waals surface area contributed by atoms with Crippen molar-refractivity contribution >= 4 is 29.1 Å². The van der Waals surface area contributed by atoms with Crippen molar-refractivity contribution in [2.24, 2.45) is 7.05 Å². The number of benzene rings is 2. The van der Waals surface area contributed by atoms with Crippen molar-refractivity contribution in [3.8, 4) is 0 Å². The lowest BCUT2D eigenvalue weighted by molar-refractivity contribution is -0.132. The average molecular weight is 585 g/mol. The SMILES string of the molecule is C[C@@H](O)CO[C@]1(c2ccc(Cl)cc2)c2c(F)cc(C(C)(O)c3cnn(C)c3)cc2C(=O)N1Cc1ccc(Cl)cn1. The van der Waals surface area contributed by atoms with Gasteiger partial charge in [-0.05, 0) is 55.8 Å². The Balaban J connectivity index is 1.74. The summed E-state index contributed by atoms with van der Waals surface area (Å²) in [6.07, 6.45) is 3.63. The lowest BCUT2D eigenvalue weighted by Crippen LogP contribution is -2.48. The predicted molar refractivity (Wildman–Crippen MR) is 147 cm³/mol. The third-order valence-corrected chi connectivity index (χ3v) is 7.47. The van der Waals surface area contributed by atoms with Crippen molar-refractivity contribution in [2.45, 2.75) is 37.8 Å². The lowest BCUT2D eigenvalue weighted by Gasteiger charge is -2.40. The molecule has 40 heavy (non-hydrogen) atoms. The molecule has 0 radical (unpaired) electrons. The highest BCUT2D eigenvalue weighted by atomic mass is 35.5. The fourth-order valence-corrected chi connectivity index (χ4v) is 5.20. The van der Waals surface area contributed by atoms with Gasteiger partial charge < -0.3 is 14.9 Å². The first kappa shape index (κ1) is 28.2. The summed E-state index contributed by atoms with van der Waals surface area (Å²) in [6, 6.07) is 12.5. The van der Waals surface area contributed by atoms with Crippen LogP contribution in [0.5, 0.6) is 0 Å². The van der Waals surface area contributed by atoms with Crippen LogP contribution >= 0.6 is 23.2 Å². The van der Waals surface area contributed by atoms with Crippen LogP contribution in [0, 0.1) is 5.82 Å². The van der Waals surface area contributed by atoms with Crippen molar-refractivity contribution < 1.29 is 24.1 Å². The second kappa shape index (κ2) is 10.6. The summed E-state index contributed by atoms with van der Waals surface area (Å²) in [7, 11) is 1.70. The summed E-state index contributed by atoms with van der Waals surface area (Å²) >= 11 is 12.2. The van der Waals surface area contributed by atoms with Gasteiger partial charge in [0.15, 0.2) is 5.72 Å². The zero-order valence-electron chi connectivity index (χ0n) is 22.0. The second-order valence-electron chi connectivity index (χ2n) is 10.0. The second-order valence-corrected chi connectivity index (χ2v) is 10.9. The van der Waals surface area contributed by atoms with Crippen molar-refractivity contribution in [3.63, 3.8) is 0 Å². The number of hydrogen-bond donors (Lipinski definition) is 2. The molecule has 0 aliphatic carbocycles. The first-order valence-corrected chi connectivity index (χ1v) is 13.3. The van der Waals surface area contributed by atoms with Crippen LogP contribution in [0.3, 0.4) is 0 Å². The van der Waals surface area contributed by atoms with Gasteiger partial charge in [0, 0.05) is 35.6 Å². The summed E-state index contributed by atoms with van der Waals surface area (Å²) in [4.78, 5) is 19.9. The molecule has 2 N–H and O–H groups in total. The minimum atomic E-state index is -1.78. The number of aryl methyl sites for hydroxylation is 1. The van der Waals surface area contributed by atoms with Crippen LogP contribution in [0.1, 0.15) is 52.2 Å². The van der Waals surface area contributed by atoms with Crippen molar-refractivity contribution in [1.29, 1.82) is 0 Å². The monoisotopic (exact) mass is 584 g/mol. The van der Waals surface area contributed by atoms with Crippen LogP contribution in [0.4, 0.5) is 4.39 Å². The molecule has 2 aromatic carbocycles. The van der Waals surface area contributed by atoms with Gasteiger partial charge in [0.2, 0.25) is 0 Å². The Kier molecular flexibility index (Phi) is 7.45. The highest BCUT2D eigenvalue weighted by molar-refractivity contribution is 6.30. The molecule has 1 aliphatic heterocycles. The third kappa shape index (κ3) is 4.88. The maximum Gasteiger partial charge on any atom is 0.257 e. The molecule has 0 saturated carbocycles. The summed E-state index contributed by atoms with van der Waals surface area (Å²) < 4.78 is 24.3. The van der Waals surface area contributed by atoms with E-state index in [2.05, 4.69) is 10.1 Å². The van der Waals surface area contributed by atoms with Gasteiger partial charge in [-0.25, -0.2) is 4.39 Å². The molecule has 1 aliphatic rings. The molecule has 0 bridgehead atoms. The molecule has 3 heterocycles. The fraction of sp³-hybridized carbons (Fsp3) is 0.276. The molecule has 11 heteroatoms. The number of aliphatic hydroxyl groups excluding tert-OH is 1. The number of fused-ring (bicyclic) bond motifs is 1. The van der Waals surface area contributed by atoms with Crippen molar-refractivity contribution in [3.05, 3.63) is 116 Å². The van der Waals surface area contributed by atoms with E-state index in [9.17, 15) is 15.0 Å². The number of pyridine rings is 1. The number of hydrogen-bond acceptors (Lipinski definition) is 6. The number of carbonyl (C=O) groups excluding carboxylic acids is 1. The van der Waals surface area contributed by atoms with Crippen molar-refractivity contribution in [1.82, 2.24) is 19.7 Å². The molecule has 3 atom stereocenters. The molecule has 4 aromatic rings. The van der Waals surface area contributed by atoms with Gasteiger partial charge in [-0.15, -0.1) is 0 Å². The molecule has 208 valence electrons. The van der Waals surface area contributed by atoms with E-state index in [4.69, 9.17) is 27.9 Å². The first-order valence-electron chi connectivity index (χ1n) is 12.5. The minimum absolute atomic E-state index is 0.00803. The number of nitrogens with zero attached hydrogens (tertiary/aromatic N) is 4. The van der Waals surface area contributed by atoms with Gasteiger partial charge >= 0.3 is 0 Å². The number of carbonyl (C=O) groups is 1. The van der Waals surface area contributed by atoms with E-state index >= 15 is 4.39 Å². The third-order valence-electron chi connectivity index (χ3n) is 6.99. The van der Waals surface area contributed by atoms with E-state index < -0.39 is 29.2 Å². The molecule has 0 spiro atoms. The molecule has 1 unspecified atom stereocenters.